The largest absolute Gasteiger partial charge is 0.381 e. The Labute approximate surface area is 112 Å². The summed E-state index contributed by atoms with van der Waals surface area (Å²) in [5.74, 6) is 0.0848. The topological polar surface area (TPSA) is 60.3 Å². The molecule has 0 aliphatic carbocycles. The number of nitrogens with zero attached hydrogens (tertiary/aromatic N) is 1. The molecule has 0 unspecified atom stereocenters. The van der Waals surface area contributed by atoms with Gasteiger partial charge in [-0.1, -0.05) is 6.92 Å². The summed E-state index contributed by atoms with van der Waals surface area (Å²) in [7, 11) is 0. The van der Waals surface area contributed by atoms with E-state index in [-0.39, 0.29) is 24.3 Å². The van der Waals surface area contributed by atoms with Gasteiger partial charge < -0.3 is 14.6 Å². The number of carbonyl (C=O) groups excluding carboxylic acids is 2. The predicted molar refractivity (Wildman–Crippen MR) is 71.0 cm³/mol. The first-order valence-electron chi connectivity index (χ1n) is 6.75. The molecule has 1 aromatic rings. The second-order valence-corrected chi connectivity index (χ2v) is 4.80. The first-order chi connectivity index (χ1) is 9.19. The zero-order valence-electron chi connectivity index (χ0n) is 11.2. The molecule has 104 valence electrons. The van der Waals surface area contributed by atoms with Crippen LogP contribution in [0.25, 0.3) is 0 Å². The van der Waals surface area contributed by atoms with Gasteiger partial charge >= 0.3 is 0 Å². The zero-order chi connectivity index (χ0) is 13.7. The summed E-state index contributed by atoms with van der Waals surface area (Å²) in [6, 6.07) is 1.97. The highest BCUT2D eigenvalue weighted by Gasteiger charge is 2.16. The Morgan fingerprint density at radius 2 is 2.16 bits per heavy atom. The number of rotatable bonds is 5. The van der Waals surface area contributed by atoms with E-state index in [2.05, 4.69) is 5.32 Å². The van der Waals surface area contributed by atoms with E-state index in [1.807, 2.05) is 6.92 Å². The Morgan fingerprint density at radius 1 is 1.42 bits per heavy atom. The number of aromatic nitrogens is 1. The summed E-state index contributed by atoms with van der Waals surface area (Å²) in [5.41, 5.74) is 0.668. The Bertz CT molecular complexity index is 447. The van der Waals surface area contributed by atoms with Crippen LogP contribution in [0.2, 0.25) is 0 Å². The van der Waals surface area contributed by atoms with Crippen molar-refractivity contribution in [3.8, 4) is 0 Å². The standard InChI is InChI=1S/C14H20N2O3/c1-2-13(17)11-3-6-16(9-11)10-14(18)15-12-4-7-19-8-5-12/h3,6,9,12H,2,4-5,7-8,10H2,1H3,(H,15,18). The summed E-state index contributed by atoms with van der Waals surface area (Å²) in [6.45, 7) is 3.51. The molecule has 1 N–H and O–H groups in total. The maximum Gasteiger partial charge on any atom is 0.240 e. The van der Waals surface area contributed by atoms with Crippen LogP contribution in [0.4, 0.5) is 0 Å². The number of nitrogens with one attached hydrogen (secondary N) is 1. The van der Waals surface area contributed by atoms with E-state index in [0.29, 0.717) is 25.2 Å². The van der Waals surface area contributed by atoms with E-state index < -0.39 is 0 Å². The molecule has 1 aromatic heterocycles. The quantitative estimate of drug-likeness (QED) is 0.817. The fraction of sp³-hybridized carbons (Fsp3) is 0.571. The van der Waals surface area contributed by atoms with Crippen LogP contribution < -0.4 is 5.32 Å². The SMILES string of the molecule is CCC(=O)c1ccn(CC(=O)NC2CCOCC2)c1. The van der Waals surface area contributed by atoms with Crippen molar-refractivity contribution < 1.29 is 14.3 Å². The summed E-state index contributed by atoms with van der Waals surface area (Å²) < 4.78 is 7.00. The average Bonchev–Trinajstić information content (AvgIpc) is 2.87. The Morgan fingerprint density at radius 3 is 2.84 bits per heavy atom. The maximum atomic E-state index is 11.9. The van der Waals surface area contributed by atoms with E-state index in [9.17, 15) is 9.59 Å². The molecule has 0 atom stereocenters. The Balaban J connectivity index is 1.84. The highest BCUT2D eigenvalue weighted by molar-refractivity contribution is 5.95. The van der Waals surface area contributed by atoms with Gasteiger partial charge in [0.1, 0.15) is 6.54 Å². The monoisotopic (exact) mass is 264 g/mol. The van der Waals surface area contributed by atoms with E-state index in [0.717, 1.165) is 12.8 Å². The number of hydrogen-bond acceptors (Lipinski definition) is 3. The second-order valence-electron chi connectivity index (χ2n) is 4.80. The van der Waals surface area contributed by atoms with Gasteiger partial charge in [0, 0.05) is 43.6 Å². The fourth-order valence-corrected chi connectivity index (χ4v) is 2.19. The summed E-state index contributed by atoms with van der Waals surface area (Å²) >= 11 is 0. The predicted octanol–water partition coefficient (Wildman–Crippen LogP) is 1.38. The summed E-state index contributed by atoms with van der Waals surface area (Å²) in [6.07, 6.45) is 5.73. The van der Waals surface area contributed by atoms with Crippen LogP contribution in [0.15, 0.2) is 18.5 Å². The minimum absolute atomic E-state index is 0.0157. The molecular weight excluding hydrogens is 244 g/mol. The van der Waals surface area contributed by atoms with Crippen LogP contribution in [0, 0.1) is 0 Å². The molecule has 5 nitrogen and oxygen atoms in total. The van der Waals surface area contributed by atoms with Crippen molar-refractivity contribution in [3.63, 3.8) is 0 Å². The Hall–Kier alpha value is -1.62. The van der Waals surface area contributed by atoms with E-state index in [1.165, 1.54) is 0 Å². The molecule has 1 aliphatic heterocycles. The van der Waals surface area contributed by atoms with Crippen LogP contribution in [-0.2, 0) is 16.1 Å². The van der Waals surface area contributed by atoms with Gasteiger partial charge in [0.15, 0.2) is 5.78 Å². The molecule has 0 saturated carbocycles. The smallest absolute Gasteiger partial charge is 0.240 e. The van der Waals surface area contributed by atoms with E-state index in [1.54, 1.807) is 23.0 Å². The van der Waals surface area contributed by atoms with E-state index in [4.69, 9.17) is 4.74 Å². The molecule has 1 amide bonds. The number of ketones is 1. The lowest BCUT2D eigenvalue weighted by Crippen LogP contribution is -2.40. The minimum Gasteiger partial charge on any atom is -0.381 e. The lowest BCUT2D eigenvalue weighted by molar-refractivity contribution is -0.122. The number of amides is 1. The van der Waals surface area contributed by atoms with Crippen LogP contribution >= 0.6 is 0 Å². The molecule has 5 heteroatoms. The zero-order valence-corrected chi connectivity index (χ0v) is 11.2. The summed E-state index contributed by atoms with van der Waals surface area (Å²) in [4.78, 5) is 23.4. The molecule has 2 heterocycles. The summed E-state index contributed by atoms with van der Waals surface area (Å²) in [5, 5.41) is 3.00. The first-order valence-corrected chi connectivity index (χ1v) is 6.75. The number of Topliss-reactive ketones (excluding diaryl/α,β-unsaturated/α-hetero) is 1. The van der Waals surface area contributed by atoms with Crippen LogP contribution in [0.5, 0.6) is 0 Å². The molecule has 0 spiro atoms. The normalized spacial score (nSPS) is 16.3. The lowest BCUT2D eigenvalue weighted by Gasteiger charge is -2.23. The third-order valence-electron chi connectivity index (χ3n) is 3.31. The fourth-order valence-electron chi connectivity index (χ4n) is 2.19. The second kappa shape index (κ2) is 6.52. The van der Waals surface area contributed by atoms with Gasteiger partial charge in [0.2, 0.25) is 5.91 Å². The van der Waals surface area contributed by atoms with Crippen molar-refractivity contribution in [3.05, 3.63) is 24.0 Å². The first kappa shape index (κ1) is 13.8. The van der Waals surface area contributed by atoms with Gasteiger partial charge in [-0.25, -0.2) is 0 Å². The van der Waals surface area contributed by atoms with Crippen molar-refractivity contribution in [2.45, 2.75) is 38.8 Å². The molecule has 19 heavy (non-hydrogen) atoms. The van der Waals surface area contributed by atoms with Crippen molar-refractivity contribution in [1.82, 2.24) is 9.88 Å². The van der Waals surface area contributed by atoms with E-state index >= 15 is 0 Å². The Kier molecular flexibility index (Phi) is 4.74. The third-order valence-corrected chi connectivity index (χ3v) is 3.31. The molecular formula is C14H20N2O3. The molecule has 1 saturated heterocycles. The molecule has 0 radical (unpaired) electrons. The van der Waals surface area contributed by atoms with Gasteiger partial charge in [-0.05, 0) is 18.9 Å². The third kappa shape index (κ3) is 3.92. The van der Waals surface area contributed by atoms with Crippen molar-refractivity contribution >= 4 is 11.7 Å². The van der Waals surface area contributed by atoms with Crippen LogP contribution in [0.3, 0.4) is 0 Å². The highest BCUT2D eigenvalue weighted by Crippen LogP contribution is 2.07. The molecule has 2 rings (SSSR count). The average molecular weight is 264 g/mol. The van der Waals surface area contributed by atoms with Gasteiger partial charge in [-0.2, -0.15) is 0 Å². The van der Waals surface area contributed by atoms with Gasteiger partial charge in [-0.15, -0.1) is 0 Å². The van der Waals surface area contributed by atoms with Gasteiger partial charge in [0.25, 0.3) is 0 Å². The molecule has 0 bridgehead atoms. The van der Waals surface area contributed by atoms with Gasteiger partial charge in [0.05, 0.1) is 0 Å². The van der Waals surface area contributed by atoms with Crippen molar-refractivity contribution in [1.29, 1.82) is 0 Å². The molecule has 1 aliphatic rings. The molecule has 1 fully saturated rings. The van der Waals surface area contributed by atoms with Crippen LogP contribution in [-0.4, -0.2) is 35.5 Å². The lowest BCUT2D eigenvalue weighted by atomic mass is 10.1. The molecule has 0 aromatic carbocycles. The van der Waals surface area contributed by atoms with Crippen molar-refractivity contribution in [2.24, 2.45) is 0 Å². The maximum absolute atomic E-state index is 11.9. The number of ether oxygens (including phenoxy) is 1. The van der Waals surface area contributed by atoms with Gasteiger partial charge in [-0.3, -0.25) is 9.59 Å². The number of hydrogen-bond donors (Lipinski definition) is 1. The highest BCUT2D eigenvalue weighted by atomic mass is 16.5. The minimum atomic E-state index is -0.0157. The van der Waals surface area contributed by atoms with Crippen LogP contribution in [0.1, 0.15) is 36.5 Å². The van der Waals surface area contributed by atoms with Crippen molar-refractivity contribution in [2.75, 3.05) is 13.2 Å². The number of carbonyl (C=O) groups is 2.